The predicted molar refractivity (Wildman–Crippen MR) is 106 cm³/mol. The second-order valence-corrected chi connectivity index (χ2v) is 9.71. The van der Waals surface area contributed by atoms with Gasteiger partial charge in [-0.2, -0.15) is 0 Å². The minimum atomic E-state index is -3.61. The summed E-state index contributed by atoms with van der Waals surface area (Å²) in [4.78, 5) is 15.0. The number of carbonyl (C=O) groups excluding carboxylic acids is 1. The smallest absolute Gasteiger partial charge is 0.254 e. The second kappa shape index (κ2) is 7.44. The van der Waals surface area contributed by atoms with Crippen molar-refractivity contribution >= 4 is 15.9 Å². The van der Waals surface area contributed by atoms with E-state index in [0.29, 0.717) is 12.1 Å². The number of nitrogens with zero attached hydrogens (tertiary/aromatic N) is 1. The number of hydrogen-bond donors (Lipinski definition) is 1. The van der Waals surface area contributed by atoms with Crippen molar-refractivity contribution < 1.29 is 13.2 Å². The molecule has 5 nitrogen and oxygen atoms in total. The molecule has 1 amide bonds. The van der Waals surface area contributed by atoms with Crippen molar-refractivity contribution in [1.82, 2.24) is 9.62 Å². The van der Waals surface area contributed by atoms with Gasteiger partial charge >= 0.3 is 0 Å². The fourth-order valence-corrected chi connectivity index (χ4v) is 4.36. The highest BCUT2D eigenvalue weighted by Crippen LogP contribution is 2.30. The molecule has 2 aromatic carbocycles. The van der Waals surface area contributed by atoms with E-state index in [9.17, 15) is 13.2 Å². The molecule has 0 aromatic heterocycles. The van der Waals surface area contributed by atoms with Crippen LogP contribution in [0.25, 0.3) is 0 Å². The highest BCUT2D eigenvalue weighted by molar-refractivity contribution is 7.89. The highest BCUT2D eigenvalue weighted by Gasteiger charge is 2.33. The van der Waals surface area contributed by atoms with Gasteiger partial charge in [-0.1, -0.05) is 30.3 Å². The molecule has 27 heavy (non-hydrogen) atoms. The number of benzene rings is 2. The van der Waals surface area contributed by atoms with E-state index >= 15 is 0 Å². The summed E-state index contributed by atoms with van der Waals surface area (Å²) in [5, 5.41) is 0. The molecule has 0 atom stereocenters. The van der Waals surface area contributed by atoms with Crippen LogP contribution in [-0.2, 0) is 16.6 Å². The van der Waals surface area contributed by atoms with Crippen molar-refractivity contribution in [2.45, 2.75) is 56.6 Å². The molecule has 0 radical (unpaired) electrons. The Labute approximate surface area is 161 Å². The third kappa shape index (κ3) is 5.17. The molecule has 0 unspecified atom stereocenters. The number of nitrogens with one attached hydrogen (secondary N) is 1. The summed E-state index contributed by atoms with van der Waals surface area (Å²) in [6, 6.07) is 16.4. The van der Waals surface area contributed by atoms with Crippen LogP contribution in [0.1, 0.15) is 49.5 Å². The highest BCUT2D eigenvalue weighted by atomic mass is 32.2. The molecule has 0 spiro atoms. The molecule has 0 saturated heterocycles. The fourth-order valence-electron chi connectivity index (χ4n) is 2.94. The zero-order valence-electron chi connectivity index (χ0n) is 16.0. The van der Waals surface area contributed by atoms with Crippen LogP contribution in [0.3, 0.4) is 0 Å². The average molecular weight is 387 g/mol. The van der Waals surface area contributed by atoms with Crippen molar-refractivity contribution in [2.75, 3.05) is 0 Å². The lowest BCUT2D eigenvalue weighted by Gasteiger charge is -2.23. The summed E-state index contributed by atoms with van der Waals surface area (Å²) in [6.07, 6.45) is 2.03. The van der Waals surface area contributed by atoms with E-state index in [1.165, 1.54) is 12.1 Å². The summed E-state index contributed by atoms with van der Waals surface area (Å²) in [5.74, 6) is -0.0610. The maximum absolute atomic E-state index is 13.0. The molecule has 2 aromatic rings. The van der Waals surface area contributed by atoms with Gasteiger partial charge in [0.2, 0.25) is 10.0 Å². The van der Waals surface area contributed by atoms with Crippen molar-refractivity contribution in [3.8, 4) is 0 Å². The Hall–Kier alpha value is -2.18. The van der Waals surface area contributed by atoms with E-state index < -0.39 is 15.6 Å². The molecule has 0 bridgehead atoms. The van der Waals surface area contributed by atoms with E-state index in [2.05, 4.69) is 4.72 Å². The molecule has 1 aliphatic carbocycles. The van der Waals surface area contributed by atoms with Crippen molar-refractivity contribution in [2.24, 2.45) is 0 Å². The SMILES string of the molecule is CC(C)(C)NS(=O)(=O)c1ccc(C(=O)N(Cc2ccccc2)C2CC2)cc1. The summed E-state index contributed by atoms with van der Waals surface area (Å²) < 4.78 is 27.5. The van der Waals surface area contributed by atoms with Gasteiger partial charge in [0.25, 0.3) is 5.91 Å². The van der Waals surface area contributed by atoms with Crippen LogP contribution in [0, 0.1) is 0 Å². The van der Waals surface area contributed by atoms with Crippen molar-refractivity contribution in [1.29, 1.82) is 0 Å². The van der Waals surface area contributed by atoms with E-state index in [-0.39, 0.29) is 16.8 Å². The number of amides is 1. The molecule has 1 fully saturated rings. The maximum atomic E-state index is 13.0. The first-order chi connectivity index (χ1) is 12.7. The Morgan fingerprint density at radius 3 is 2.15 bits per heavy atom. The van der Waals surface area contributed by atoms with Gasteiger partial charge in [-0.05, 0) is 63.4 Å². The molecular formula is C21H26N2O3S. The molecule has 3 rings (SSSR count). The summed E-state index contributed by atoms with van der Waals surface area (Å²) in [6.45, 7) is 5.94. The number of rotatable bonds is 6. The Kier molecular flexibility index (Phi) is 5.40. The summed E-state index contributed by atoms with van der Waals surface area (Å²) in [7, 11) is -3.61. The Bertz CT molecular complexity index is 897. The first-order valence-corrected chi connectivity index (χ1v) is 10.6. The Morgan fingerprint density at radius 2 is 1.63 bits per heavy atom. The van der Waals surface area contributed by atoms with Gasteiger partial charge in [0, 0.05) is 23.7 Å². The van der Waals surface area contributed by atoms with Crippen LogP contribution in [0.15, 0.2) is 59.5 Å². The molecule has 0 aliphatic heterocycles. The average Bonchev–Trinajstić information content (AvgIpc) is 3.43. The van der Waals surface area contributed by atoms with E-state index in [1.54, 1.807) is 32.9 Å². The van der Waals surface area contributed by atoms with Gasteiger partial charge in [-0.25, -0.2) is 13.1 Å². The zero-order chi connectivity index (χ0) is 19.7. The third-order valence-corrected chi connectivity index (χ3v) is 6.07. The lowest BCUT2D eigenvalue weighted by atomic mass is 10.1. The van der Waals surface area contributed by atoms with Gasteiger partial charge in [0.1, 0.15) is 0 Å². The van der Waals surface area contributed by atoms with Crippen molar-refractivity contribution in [3.05, 3.63) is 65.7 Å². The zero-order valence-corrected chi connectivity index (χ0v) is 16.8. The maximum Gasteiger partial charge on any atom is 0.254 e. The van der Waals surface area contributed by atoms with Gasteiger partial charge < -0.3 is 4.90 Å². The van der Waals surface area contributed by atoms with Crippen LogP contribution in [0.5, 0.6) is 0 Å². The molecule has 1 N–H and O–H groups in total. The van der Waals surface area contributed by atoms with Gasteiger partial charge in [-0.15, -0.1) is 0 Å². The van der Waals surface area contributed by atoms with Crippen LogP contribution < -0.4 is 4.72 Å². The molecule has 6 heteroatoms. The molecular weight excluding hydrogens is 360 g/mol. The van der Waals surface area contributed by atoms with Crippen LogP contribution in [-0.4, -0.2) is 30.8 Å². The van der Waals surface area contributed by atoms with E-state index in [1.807, 2.05) is 35.2 Å². The fraction of sp³-hybridized carbons (Fsp3) is 0.381. The third-order valence-electron chi connectivity index (χ3n) is 4.30. The molecule has 1 aliphatic rings. The van der Waals surface area contributed by atoms with Gasteiger partial charge in [0.15, 0.2) is 0 Å². The predicted octanol–water partition coefficient (Wildman–Crippen LogP) is 3.57. The quantitative estimate of drug-likeness (QED) is 0.825. The molecule has 144 valence electrons. The monoisotopic (exact) mass is 386 g/mol. The lowest BCUT2D eigenvalue weighted by molar-refractivity contribution is 0.0730. The first kappa shape index (κ1) is 19.6. The Balaban J connectivity index is 1.78. The largest absolute Gasteiger partial charge is 0.331 e. The number of hydrogen-bond acceptors (Lipinski definition) is 3. The van der Waals surface area contributed by atoms with Crippen LogP contribution in [0.4, 0.5) is 0 Å². The first-order valence-electron chi connectivity index (χ1n) is 9.15. The van der Waals surface area contributed by atoms with Gasteiger partial charge in [-0.3, -0.25) is 4.79 Å². The van der Waals surface area contributed by atoms with Crippen molar-refractivity contribution in [3.63, 3.8) is 0 Å². The Morgan fingerprint density at radius 1 is 1.04 bits per heavy atom. The second-order valence-electron chi connectivity index (χ2n) is 8.03. The number of sulfonamides is 1. The van der Waals surface area contributed by atoms with Gasteiger partial charge in [0.05, 0.1) is 4.90 Å². The molecule has 0 heterocycles. The summed E-state index contributed by atoms with van der Waals surface area (Å²) >= 11 is 0. The number of carbonyl (C=O) groups is 1. The normalized spacial score (nSPS) is 14.8. The minimum Gasteiger partial charge on any atom is -0.331 e. The topological polar surface area (TPSA) is 66.5 Å². The van der Waals surface area contributed by atoms with Crippen LogP contribution >= 0.6 is 0 Å². The minimum absolute atomic E-state index is 0.0610. The lowest BCUT2D eigenvalue weighted by Crippen LogP contribution is -2.40. The van der Waals surface area contributed by atoms with Crippen LogP contribution in [0.2, 0.25) is 0 Å². The van der Waals surface area contributed by atoms with E-state index in [4.69, 9.17) is 0 Å². The molecule has 1 saturated carbocycles. The van der Waals surface area contributed by atoms with E-state index in [0.717, 1.165) is 18.4 Å². The summed E-state index contributed by atoms with van der Waals surface area (Å²) in [5.41, 5.74) is 1.03. The standard InChI is InChI=1S/C21H26N2O3S/c1-21(2,3)22-27(25,26)19-13-9-17(10-14-19)20(24)23(18-11-12-18)15-16-7-5-4-6-8-16/h4-10,13-14,18,22H,11-12,15H2,1-3H3.